The zero-order chi connectivity index (χ0) is 42.5. The number of anilines is 2. The summed E-state index contributed by atoms with van der Waals surface area (Å²) < 4.78 is 5.52. The van der Waals surface area contributed by atoms with Crippen molar-refractivity contribution in [2.45, 2.75) is 44.7 Å². The first-order chi connectivity index (χ1) is 28.9. The molecule has 3 amide bonds. The molecule has 13 nitrogen and oxygen atoms in total. The zero-order valence-corrected chi connectivity index (χ0v) is 33.8. The number of benzodiazepines with no additional fused rings is 1. The fraction of sp³-hybridized carbons (Fsp3) is 0.217. The second-order valence-corrected chi connectivity index (χ2v) is 15.2. The molecule has 14 heteroatoms. The number of amidine groups is 2. The number of nitrogens with one attached hydrogen (secondary N) is 4. The molecule has 2 aliphatic rings. The fourth-order valence-electron chi connectivity index (χ4n) is 7.50. The van der Waals surface area contributed by atoms with Gasteiger partial charge in [-0.3, -0.25) is 35.1 Å². The molecule has 0 radical (unpaired) electrons. The molecule has 1 fully saturated rings. The lowest BCUT2D eigenvalue weighted by Gasteiger charge is -2.32. The number of rotatable bonds is 10. The summed E-state index contributed by atoms with van der Waals surface area (Å²) in [6.45, 7) is 3.02. The van der Waals surface area contributed by atoms with Crippen molar-refractivity contribution < 1.29 is 29.3 Å². The Bertz CT molecular complexity index is 2500. The molecule has 0 unspecified atom stereocenters. The van der Waals surface area contributed by atoms with Gasteiger partial charge in [-0.25, -0.2) is 0 Å². The van der Waals surface area contributed by atoms with Crippen LogP contribution in [-0.2, 0) is 11.3 Å². The topological polar surface area (TPSA) is 192 Å². The second-order valence-electron chi connectivity index (χ2n) is 14.7. The summed E-state index contributed by atoms with van der Waals surface area (Å²) in [5.74, 6) is -0.623. The average Bonchev–Trinajstić information content (AvgIpc) is 3.37. The third kappa shape index (κ3) is 9.16. The van der Waals surface area contributed by atoms with Crippen LogP contribution >= 0.6 is 11.6 Å². The van der Waals surface area contributed by atoms with Gasteiger partial charge in [0.1, 0.15) is 23.5 Å². The van der Waals surface area contributed by atoms with Gasteiger partial charge in [0.05, 0.1) is 24.9 Å². The Morgan fingerprint density at radius 2 is 1.60 bits per heavy atom. The van der Waals surface area contributed by atoms with Gasteiger partial charge in [0.25, 0.3) is 11.8 Å². The molecule has 2 aliphatic heterocycles. The minimum Gasteiger partial charge on any atom is -0.504 e. The Hall–Kier alpha value is -6.99. The minimum absolute atomic E-state index is 0.00916. The van der Waals surface area contributed by atoms with Crippen molar-refractivity contribution in [2.75, 3.05) is 30.4 Å². The number of amides is 3. The van der Waals surface area contributed by atoms with Crippen molar-refractivity contribution in [3.05, 3.63) is 148 Å². The number of carbonyl (C=O) groups is 3. The van der Waals surface area contributed by atoms with Gasteiger partial charge < -0.3 is 30.5 Å². The van der Waals surface area contributed by atoms with Crippen LogP contribution in [-0.4, -0.2) is 76.5 Å². The summed E-state index contributed by atoms with van der Waals surface area (Å²) >= 11 is 6.21. The van der Waals surface area contributed by atoms with E-state index in [2.05, 4.69) is 22.8 Å². The van der Waals surface area contributed by atoms with Gasteiger partial charge in [-0.1, -0.05) is 48.0 Å². The Morgan fingerprint density at radius 1 is 0.883 bits per heavy atom. The Morgan fingerprint density at radius 3 is 2.28 bits per heavy atom. The molecule has 2 heterocycles. The Labute approximate surface area is 352 Å². The number of likely N-dealkylation sites (tertiary alicyclic amines) is 1. The number of hydrogen-bond donors (Lipinski definition) is 6. The maximum Gasteiger partial charge on any atom is 0.255 e. The Balaban J connectivity index is 0.964. The van der Waals surface area contributed by atoms with Crippen molar-refractivity contribution in [3.63, 3.8) is 0 Å². The minimum atomic E-state index is -0.889. The number of carbonyl (C=O) groups excluding carboxylic acids is 3. The van der Waals surface area contributed by atoms with Crippen LogP contribution in [0.15, 0.2) is 114 Å². The molecule has 0 saturated carbocycles. The van der Waals surface area contributed by atoms with E-state index in [1.165, 1.54) is 23.1 Å². The van der Waals surface area contributed by atoms with E-state index in [-0.39, 0.29) is 53.7 Å². The van der Waals surface area contributed by atoms with Crippen LogP contribution in [0.5, 0.6) is 17.2 Å². The highest BCUT2D eigenvalue weighted by Gasteiger charge is 2.32. The first-order valence-electron chi connectivity index (χ1n) is 19.4. The third-order valence-corrected chi connectivity index (χ3v) is 10.9. The molecule has 306 valence electrons. The van der Waals surface area contributed by atoms with E-state index in [4.69, 9.17) is 26.7 Å². The highest BCUT2D eigenvalue weighted by molar-refractivity contribution is 6.31. The molecule has 1 saturated heterocycles. The molecule has 0 aromatic heterocycles. The summed E-state index contributed by atoms with van der Waals surface area (Å²) in [6.07, 6.45) is 1.42. The van der Waals surface area contributed by atoms with Gasteiger partial charge in [-0.05, 0) is 110 Å². The number of aliphatic imine (C=N–C) groups is 1. The molecule has 0 bridgehead atoms. The molecule has 0 spiro atoms. The number of hydrogen-bond acceptors (Lipinski definition) is 9. The van der Waals surface area contributed by atoms with E-state index in [1.54, 1.807) is 62.6 Å². The predicted molar refractivity (Wildman–Crippen MR) is 232 cm³/mol. The van der Waals surface area contributed by atoms with Crippen molar-refractivity contribution in [1.82, 2.24) is 10.2 Å². The summed E-state index contributed by atoms with van der Waals surface area (Å²) in [5.41, 5.74) is 5.77. The average molecular weight is 826 g/mol. The van der Waals surface area contributed by atoms with E-state index in [0.29, 0.717) is 52.1 Å². The number of piperidine rings is 1. The summed E-state index contributed by atoms with van der Waals surface area (Å²) in [4.78, 5) is 47.9. The summed E-state index contributed by atoms with van der Waals surface area (Å²) in [7, 11) is 1.57. The number of aromatic hydroxyl groups is 2. The third-order valence-electron chi connectivity index (χ3n) is 10.7. The monoisotopic (exact) mass is 825 g/mol. The second kappa shape index (κ2) is 17.9. The van der Waals surface area contributed by atoms with Gasteiger partial charge in [-0.2, -0.15) is 0 Å². The van der Waals surface area contributed by atoms with Crippen molar-refractivity contribution in [2.24, 2.45) is 4.99 Å². The van der Waals surface area contributed by atoms with Crippen LogP contribution in [0.3, 0.4) is 0 Å². The molecule has 60 heavy (non-hydrogen) atoms. The number of benzene rings is 5. The number of halogens is 1. The maximum atomic E-state index is 13.6. The van der Waals surface area contributed by atoms with Crippen LogP contribution in [0.25, 0.3) is 0 Å². The molecule has 5 aromatic carbocycles. The first-order valence-corrected chi connectivity index (χ1v) is 19.8. The van der Waals surface area contributed by atoms with Gasteiger partial charge in [0.2, 0.25) is 5.91 Å². The predicted octanol–water partition coefficient (Wildman–Crippen LogP) is 7.74. The quantitative estimate of drug-likeness (QED) is 0.0471. The van der Waals surface area contributed by atoms with Crippen LogP contribution in [0.4, 0.5) is 11.4 Å². The molecular formula is C46H44ClN7O6. The number of ether oxygens (including phenoxy) is 1. The van der Waals surface area contributed by atoms with Gasteiger partial charge >= 0.3 is 0 Å². The zero-order valence-electron chi connectivity index (χ0n) is 33.0. The number of nitrogens with zero attached hydrogens (tertiary/aromatic N) is 3. The lowest BCUT2D eigenvalue weighted by molar-refractivity contribution is -0.121. The molecule has 1 atom stereocenters. The van der Waals surface area contributed by atoms with Crippen molar-refractivity contribution in [3.8, 4) is 17.2 Å². The highest BCUT2D eigenvalue weighted by Crippen LogP contribution is 2.34. The number of methoxy groups -OCH3 is 1. The van der Waals surface area contributed by atoms with Crippen LogP contribution in [0.1, 0.15) is 75.1 Å². The summed E-state index contributed by atoms with van der Waals surface area (Å²) in [6, 6.07) is 30.2. The van der Waals surface area contributed by atoms with Crippen LogP contribution in [0.2, 0.25) is 5.02 Å². The summed E-state index contributed by atoms with van der Waals surface area (Å²) in [5, 5.41) is 43.3. The highest BCUT2D eigenvalue weighted by atomic mass is 35.5. The molecule has 7 rings (SSSR count). The van der Waals surface area contributed by atoms with E-state index in [1.807, 2.05) is 35.2 Å². The van der Waals surface area contributed by atoms with Crippen molar-refractivity contribution >= 4 is 58.1 Å². The van der Waals surface area contributed by atoms with E-state index < -0.39 is 17.7 Å². The molecule has 6 N–H and O–H groups in total. The lowest BCUT2D eigenvalue weighted by Crippen LogP contribution is -2.42. The largest absolute Gasteiger partial charge is 0.504 e. The smallest absolute Gasteiger partial charge is 0.255 e. The SMILES string of the molecule is COc1ccc2c(c1)C(c1ccc(Cl)cc1)=N[C@@H](CC(=O)NCc1cccc(C3CCN(C(=O)c4ccc(NC(=O)c5ccc(O)c(O)c5)cc4)CC3)c1)C(=N)N2C(C)=N. The van der Waals surface area contributed by atoms with E-state index >= 15 is 0 Å². The first kappa shape index (κ1) is 41.2. The maximum absolute atomic E-state index is 13.6. The number of phenolic OH excluding ortho intramolecular Hbond substituents is 2. The Kier molecular flexibility index (Phi) is 12.3. The van der Waals surface area contributed by atoms with Gasteiger partial charge in [0, 0.05) is 52.6 Å². The van der Waals surface area contributed by atoms with Crippen LogP contribution < -0.4 is 20.3 Å². The standard InChI is InChI=1S/C46H44ClN7O6/c1-27(48)54-39-16-15-36(60-2)24-37(39)43(30-6-11-34(47)12-7-30)52-38(44(54)49)25-42(57)50-26-28-4-3-5-32(22-28)29-18-20-53(21-19-29)46(59)31-8-13-35(14-9-31)51-45(58)33-10-17-40(55)41(56)23-33/h3-17,22-24,29,38,48-49,55-56H,18-21,25-26H2,1-2H3,(H,50,57)(H,51,58)/t38-/m0/s1. The van der Waals surface area contributed by atoms with Crippen molar-refractivity contribution in [1.29, 1.82) is 10.8 Å². The van der Waals surface area contributed by atoms with E-state index in [9.17, 15) is 30.0 Å². The van der Waals surface area contributed by atoms with Gasteiger partial charge in [0.15, 0.2) is 11.5 Å². The molecular weight excluding hydrogens is 782 g/mol. The fourth-order valence-corrected chi connectivity index (χ4v) is 7.63. The number of phenols is 2. The lowest BCUT2D eigenvalue weighted by atomic mass is 9.88. The van der Waals surface area contributed by atoms with E-state index in [0.717, 1.165) is 29.5 Å². The van der Waals surface area contributed by atoms with Crippen LogP contribution in [0, 0.1) is 10.8 Å². The number of fused-ring (bicyclic) bond motifs is 1. The van der Waals surface area contributed by atoms with Gasteiger partial charge in [-0.15, -0.1) is 0 Å². The molecule has 5 aromatic rings. The normalized spacial score (nSPS) is 15.3. The molecule has 0 aliphatic carbocycles.